The molecule has 20 heavy (non-hydrogen) atoms. The van der Waals surface area contributed by atoms with Gasteiger partial charge in [-0.25, -0.2) is 0 Å². The van der Waals surface area contributed by atoms with Crippen LogP contribution in [-0.4, -0.2) is 29.1 Å². The van der Waals surface area contributed by atoms with Crippen LogP contribution in [0, 0.1) is 6.92 Å². The number of anilines is 1. The lowest BCUT2D eigenvalue weighted by Crippen LogP contribution is -2.32. The lowest BCUT2D eigenvalue weighted by Gasteiger charge is -2.18. The largest absolute Gasteiger partial charge is 0.360 e. The number of carbonyl (C=O) groups excluding carboxylic acids is 1. The van der Waals surface area contributed by atoms with Crippen molar-refractivity contribution in [3.05, 3.63) is 46.9 Å². The molecule has 0 atom stereocenters. The van der Waals surface area contributed by atoms with E-state index in [9.17, 15) is 4.79 Å². The first-order valence-electron chi connectivity index (χ1n) is 6.26. The van der Waals surface area contributed by atoms with Gasteiger partial charge in [0.25, 0.3) is 0 Å². The molecule has 0 saturated carbocycles. The summed E-state index contributed by atoms with van der Waals surface area (Å²) < 4.78 is 4.91. The third kappa shape index (κ3) is 4.32. The fourth-order valence-corrected chi connectivity index (χ4v) is 2.55. The molecule has 0 unspecified atom stereocenters. The van der Waals surface area contributed by atoms with Crippen molar-refractivity contribution < 1.29 is 9.32 Å². The van der Waals surface area contributed by atoms with Crippen molar-refractivity contribution >= 4 is 23.1 Å². The summed E-state index contributed by atoms with van der Waals surface area (Å²) in [7, 11) is 0. The molecule has 1 N–H and O–H groups in total. The van der Waals surface area contributed by atoms with Crippen LogP contribution >= 0.6 is 11.3 Å². The van der Waals surface area contributed by atoms with Crippen LogP contribution in [0.3, 0.4) is 0 Å². The Balaban J connectivity index is 1.90. The smallest absolute Gasteiger partial charge is 0.239 e. The Labute approximate surface area is 121 Å². The average molecular weight is 291 g/mol. The summed E-state index contributed by atoms with van der Waals surface area (Å²) in [5, 5.41) is 8.48. The molecule has 0 spiro atoms. The molecular weight excluding hydrogens is 274 g/mol. The number of hydrogen-bond acceptors (Lipinski definition) is 5. The topological polar surface area (TPSA) is 58.4 Å². The lowest BCUT2D eigenvalue weighted by atomic mass is 10.3. The molecule has 6 heteroatoms. The van der Waals surface area contributed by atoms with Crippen LogP contribution in [-0.2, 0) is 11.3 Å². The third-order valence-corrected chi connectivity index (χ3v) is 3.47. The molecule has 106 valence electrons. The molecule has 0 aliphatic rings. The van der Waals surface area contributed by atoms with Gasteiger partial charge in [0.05, 0.1) is 6.54 Å². The Bertz CT molecular complexity index is 563. The van der Waals surface area contributed by atoms with E-state index in [1.807, 2.05) is 16.3 Å². The zero-order valence-electron chi connectivity index (χ0n) is 11.3. The van der Waals surface area contributed by atoms with Crippen molar-refractivity contribution in [2.45, 2.75) is 13.5 Å². The quantitative estimate of drug-likeness (QED) is 0.797. The number of aromatic nitrogens is 1. The molecule has 5 nitrogen and oxygen atoms in total. The van der Waals surface area contributed by atoms with Gasteiger partial charge in [0.2, 0.25) is 5.91 Å². The molecule has 0 bridgehead atoms. The number of amides is 1. The second-order valence-electron chi connectivity index (χ2n) is 4.41. The van der Waals surface area contributed by atoms with Gasteiger partial charge in [0.1, 0.15) is 5.76 Å². The molecule has 1 amide bonds. The predicted octanol–water partition coefficient (Wildman–Crippen LogP) is 2.67. The highest BCUT2D eigenvalue weighted by Crippen LogP contribution is 2.12. The maximum Gasteiger partial charge on any atom is 0.239 e. The number of aryl methyl sites for hydroxylation is 1. The molecule has 0 aliphatic carbocycles. The summed E-state index contributed by atoms with van der Waals surface area (Å²) in [6.45, 7) is 7.18. The summed E-state index contributed by atoms with van der Waals surface area (Å²) in [4.78, 5) is 15.2. The second kappa shape index (κ2) is 7.02. The summed E-state index contributed by atoms with van der Waals surface area (Å²) >= 11 is 1.68. The minimum Gasteiger partial charge on any atom is -0.360 e. The fourth-order valence-electron chi connectivity index (χ4n) is 1.80. The van der Waals surface area contributed by atoms with Crippen LogP contribution < -0.4 is 5.32 Å². The first kappa shape index (κ1) is 14.5. The van der Waals surface area contributed by atoms with Crippen LogP contribution in [0.4, 0.5) is 5.82 Å². The minimum absolute atomic E-state index is 0.114. The van der Waals surface area contributed by atoms with Gasteiger partial charge in [-0.2, -0.15) is 0 Å². The zero-order valence-corrected chi connectivity index (χ0v) is 12.2. The van der Waals surface area contributed by atoms with Crippen molar-refractivity contribution in [3.8, 4) is 0 Å². The van der Waals surface area contributed by atoms with Crippen molar-refractivity contribution in [2.75, 3.05) is 18.4 Å². The average Bonchev–Trinajstić information content (AvgIpc) is 3.01. The monoisotopic (exact) mass is 291 g/mol. The first-order valence-corrected chi connectivity index (χ1v) is 7.14. The van der Waals surface area contributed by atoms with Gasteiger partial charge in [-0.1, -0.05) is 17.3 Å². The number of carbonyl (C=O) groups is 1. The van der Waals surface area contributed by atoms with Gasteiger partial charge in [0.15, 0.2) is 5.82 Å². The Morgan fingerprint density at radius 2 is 2.50 bits per heavy atom. The Hall–Kier alpha value is -1.92. The standard InChI is InChI=1S/C14H17N3O2S/c1-3-6-17(9-12-5-4-7-20-12)10-14(18)15-13-8-11(2)19-16-13/h3-5,7-8H,1,6,9-10H2,2H3,(H,15,16,18). The molecule has 0 aromatic carbocycles. The highest BCUT2D eigenvalue weighted by molar-refractivity contribution is 7.09. The summed E-state index contributed by atoms with van der Waals surface area (Å²) in [6.07, 6.45) is 1.79. The fraction of sp³-hybridized carbons (Fsp3) is 0.286. The van der Waals surface area contributed by atoms with Crippen molar-refractivity contribution in [3.63, 3.8) is 0 Å². The molecule has 0 fully saturated rings. The van der Waals surface area contributed by atoms with Crippen LogP contribution in [0.5, 0.6) is 0 Å². The summed E-state index contributed by atoms with van der Waals surface area (Å²) in [5.74, 6) is 1.00. The van der Waals surface area contributed by atoms with Gasteiger partial charge in [-0.3, -0.25) is 9.69 Å². The minimum atomic E-state index is -0.114. The van der Waals surface area contributed by atoms with Gasteiger partial charge < -0.3 is 9.84 Å². The van der Waals surface area contributed by atoms with Gasteiger partial charge in [-0.15, -0.1) is 17.9 Å². The van der Waals surface area contributed by atoms with E-state index in [4.69, 9.17) is 4.52 Å². The molecule has 0 aliphatic heterocycles. The summed E-state index contributed by atoms with van der Waals surface area (Å²) in [6, 6.07) is 5.75. The molecule has 0 radical (unpaired) electrons. The van der Waals surface area contributed by atoms with E-state index in [1.54, 1.807) is 30.4 Å². The Kier molecular flexibility index (Phi) is 5.09. The number of thiophene rings is 1. The van der Waals surface area contributed by atoms with E-state index >= 15 is 0 Å². The highest BCUT2D eigenvalue weighted by atomic mass is 32.1. The van der Waals surface area contributed by atoms with Crippen LogP contribution in [0.1, 0.15) is 10.6 Å². The predicted molar refractivity (Wildman–Crippen MR) is 79.7 cm³/mol. The second-order valence-corrected chi connectivity index (χ2v) is 5.44. The zero-order chi connectivity index (χ0) is 14.4. The van der Waals surface area contributed by atoms with Crippen LogP contribution in [0.2, 0.25) is 0 Å². The lowest BCUT2D eigenvalue weighted by molar-refractivity contribution is -0.117. The molecule has 2 heterocycles. The number of nitrogens with zero attached hydrogens (tertiary/aromatic N) is 2. The first-order chi connectivity index (χ1) is 9.67. The maximum absolute atomic E-state index is 12.0. The van der Waals surface area contributed by atoms with E-state index in [0.717, 1.165) is 6.54 Å². The van der Waals surface area contributed by atoms with Gasteiger partial charge in [-0.05, 0) is 18.4 Å². The Morgan fingerprint density at radius 1 is 1.65 bits per heavy atom. The van der Waals surface area contributed by atoms with Crippen molar-refractivity contribution in [1.82, 2.24) is 10.1 Å². The van der Waals surface area contributed by atoms with Gasteiger partial charge in [0, 0.05) is 24.0 Å². The normalized spacial score (nSPS) is 10.7. The van der Waals surface area contributed by atoms with Gasteiger partial charge >= 0.3 is 0 Å². The van der Waals surface area contributed by atoms with E-state index in [-0.39, 0.29) is 12.5 Å². The van der Waals surface area contributed by atoms with Crippen molar-refractivity contribution in [1.29, 1.82) is 0 Å². The van der Waals surface area contributed by atoms with E-state index in [1.165, 1.54) is 4.88 Å². The molecule has 0 saturated heterocycles. The van der Waals surface area contributed by atoms with E-state index in [0.29, 0.717) is 18.1 Å². The number of rotatable bonds is 7. The maximum atomic E-state index is 12.0. The van der Waals surface area contributed by atoms with E-state index < -0.39 is 0 Å². The highest BCUT2D eigenvalue weighted by Gasteiger charge is 2.12. The number of hydrogen-bond donors (Lipinski definition) is 1. The molecule has 2 aromatic heterocycles. The third-order valence-electron chi connectivity index (χ3n) is 2.61. The molecule has 2 rings (SSSR count). The molecular formula is C14H17N3O2S. The van der Waals surface area contributed by atoms with Crippen LogP contribution in [0.15, 0.2) is 40.8 Å². The van der Waals surface area contributed by atoms with E-state index in [2.05, 4.69) is 23.1 Å². The molecule has 2 aromatic rings. The van der Waals surface area contributed by atoms with Crippen LogP contribution in [0.25, 0.3) is 0 Å². The number of nitrogens with one attached hydrogen (secondary N) is 1. The SMILES string of the molecule is C=CCN(CC(=O)Nc1cc(C)on1)Cc1cccs1. The Morgan fingerprint density at radius 3 is 3.10 bits per heavy atom. The summed E-state index contributed by atoms with van der Waals surface area (Å²) in [5.41, 5.74) is 0. The van der Waals surface area contributed by atoms with Crippen molar-refractivity contribution in [2.24, 2.45) is 0 Å².